The van der Waals surface area contributed by atoms with Crippen molar-refractivity contribution >= 4 is 24.0 Å². The molecule has 0 spiro atoms. The van der Waals surface area contributed by atoms with Crippen molar-refractivity contribution in [2.75, 3.05) is 26.8 Å². The number of methoxy groups -OCH3 is 1. The molecule has 1 unspecified atom stereocenters. The van der Waals surface area contributed by atoms with Crippen LogP contribution in [0, 0.1) is 0 Å². The van der Waals surface area contributed by atoms with Gasteiger partial charge in [-0.2, -0.15) is 0 Å². The lowest BCUT2D eigenvalue weighted by Crippen LogP contribution is -2.42. The molecule has 1 aromatic rings. The molecule has 0 radical (unpaired) electrons. The van der Waals surface area contributed by atoms with Crippen LogP contribution in [0.25, 0.3) is 6.08 Å². The first-order chi connectivity index (χ1) is 12.5. The van der Waals surface area contributed by atoms with E-state index in [1.165, 1.54) is 14.0 Å². The molecule has 0 aromatic heterocycles. The molecule has 8 nitrogen and oxygen atoms in total. The standard InChI is InChI=1S/C18H22N2O6/c1-4-5-13-6-7-14(15(10-13)24-3)25-11-16(21)26-12(2)17(22)20-9-8-19-18(20)23/h4-7,10,12H,8-9,11H2,1-3H3,(H,19,23). The van der Waals surface area contributed by atoms with Gasteiger partial charge in [-0.05, 0) is 31.5 Å². The number of benzene rings is 1. The molecule has 3 amide bonds. The molecule has 1 aromatic carbocycles. The van der Waals surface area contributed by atoms with Gasteiger partial charge in [0.15, 0.2) is 24.2 Å². The molecule has 1 aliphatic heterocycles. The van der Waals surface area contributed by atoms with Gasteiger partial charge in [0, 0.05) is 13.1 Å². The largest absolute Gasteiger partial charge is 0.493 e. The van der Waals surface area contributed by atoms with Crippen LogP contribution < -0.4 is 14.8 Å². The molecule has 1 saturated heterocycles. The van der Waals surface area contributed by atoms with Crippen LogP contribution in [0.5, 0.6) is 11.5 Å². The van der Waals surface area contributed by atoms with Gasteiger partial charge in [-0.25, -0.2) is 9.59 Å². The lowest BCUT2D eigenvalue weighted by molar-refractivity contribution is -0.159. The van der Waals surface area contributed by atoms with Gasteiger partial charge in [0.05, 0.1) is 7.11 Å². The van der Waals surface area contributed by atoms with Gasteiger partial charge in [0.1, 0.15) is 0 Å². The number of carbonyl (C=O) groups is 3. The molecule has 1 fully saturated rings. The monoisotopic (exact) mass is 362 g/mol. The zero-order valence-electron chi connectivity index (χ0n) is 15.0. The van der Waals surface area contributed by atoms with E-state index in [2.05, 4.69) is 5.32 Å². The van der Waals surface area contributed by atoms with Crippen LogP contribution >= 0.6 is 0 Å². The number of allylic oxidation sites excluding steroid dienone is 1. The first-order valence-electron chi connectivity index (χ1n) is 8.18. The molecule has 0 saturated carbocycles. The van der Waals surface area contributed by atoms with E-state index in [0.717, 1.165) is 10.5 Å². The fourth-order valence-corrected chi connectivity index (χ4v) is 2.42. The number of hydrogen-bond acceptors (Lipinski definition) is 6. The van der Waals surface area contributed by atoms with Crippen molar-refractivity contribution in [1.82, 2.24) is 10.2 Å². The minimum absolute atomic E-state index is 0.256. The molecule has 0 bridgehead atoms. The summed E-state index contributed by atoms with van der Waals surface area (Å²) in [6, 6.07) is 4.80. The van der Waals surface area contributed by atoms with Gasteiger partial charge in [-0.15, -0.1) is 0 Å². The third-order valence-corrected chi connectivity index (χ3v) is 3.67. The lowest BCUT2D eigenvalue weighted by atomic mass is 10.2. The summed E-state index contributed by atoms with van der Waals surface area (Å²) in [6.07, 6.45) is 2.72. The molecule has 1 N–H and O–H groups in total. The van der Waals surface area contributed by atoms with Gasteiger partial charge >= 0.3 is 12.0 Å². The summed E-state index contributed by atoms with van der Waals surface area (Å²) in [6.45, 7) is 3.58. The number of hydrogen-bond donors (Lipinski definition) is 1. The highest BCUT2D eigenvalue weighted by atomic mass is 16.6. The molecule has 26 heavy (non-hydrogen) atoms. The quantitative estimate of drug-likeness (QED) is 0.741. The Morgan fingerprint density at radius 3 is 2.73 bits per heavy atom. The van der Waals surface area contributed by atoms with Crippen molar-refractivity contribution in [3.05, 3.63) is 29.8 Å². The van der Waals surface area contributed by atoms with Crippen LogP contribution in [0.1, 0.15) is 19.4 Å². The summed E-state index contributed by atoms with van der Waals surface area (Å²) < 4.78 is 15.7. The highest BCUT2D eigenvalue weighted by Crippen LogP contribution is 2.28. The summed E-state index contributed by atoms with van der Waals surface area (Å²) in [5.74, 6) is -0.423. The number of carbonyl (C=O) groups excluding carboxylic acids is 3. The maximum absolute atomic E-state index is 12.1. The summed E-state index contributed by atoms with van der Waals surface area (Å²) in [4.78, 5) is 36.5. The van der Waals surface area contributed by atoms with E-state index in [9.17, 15) is 14.4 Å². The van der Waals surface area contributed by atoms with Crippen molar-refractivity contribution in [3.63, 3.8) is 0 Å². The fraction of sp³-hybridized carbons (Fsp3) is 0.389. The minimum Gasteiger partial charge on any atom is -0.493 e. The number of imide groups is 1. The van der Waals surface area contributed by atoms with Crippen molar-refractivity contribution in [2.45, 2.75) is 20.0 Å². The molecule has 1 heterocycles. The summed E-state index contributed by atoms with van der Waals surface area (Å²) in [7, 11) is 1.50. The second-order valence-electron chi connectivity index (χ2n) is 5.55. The van der Waals surface area contributed by atoms with E-state index in [0.29, 0.717) is 18.0 Å². The smallest absolute Gasteiger partial charge is 0.344 e. The molecule has 0 aliphatic carbocycles. The van der Waals surface area contributed by atoms with Crippen LogP contribution in [0.15, 0.2) is 24.3 Å². The third-order valence-electron chi connectivity index (χ3n) is 3.67. The number of rotatable bonds is 7. The summed E-state index contributed by atoms with van der Waals surface area (Å²) in [5, 5.41) is 2.51. The number of amides is 3. The number of nitrogens with one attached hydrogen (secondary N) is 1. The molecule has 8 heteroatoms. The first kappa shape index (κ1) is 19.3. The van der Waals surface area contributed by atoms with E-state index < -0.39 is 24.0 Å². The van der Waals surface area contributed by atoms with Gasteiger partial charge < -0.3 is 19.5 Å². The van der Waals surface area contributed by atoms with Gasteiger partial charge in [-0.1, -0.05) is 18.2 Å². The van der Waals surface area contributed by atoms with Crippen molar-refractivity contribution in [1.29, 1.82) is 0 Å². The zero-order chi connectivity index (χ0) is 19.1. The predicted octanol–water partition coefficient (Wildman–Crippen LogP) is 1.59. The Labute approximate surface area is 151 Å². The molecule has 1 atom stereocenters. The van der Waals surface area contributed by atoms with E-state index in [-0.39, 0.29) is 13.2 Å². The van der Waals surface area contributed by atoms with Crippen LogP contribution in [0.4, 0.5) is 4.79 Å². The Kier molecular flexibility index (Phi) is 6.60. The fourth-order valence-electron chi connectivity index (χ4n) is 2.42. The number of urea groups is 1. The Balaban J connectivity index is 1.90. The normalized spacial score (nSPS) is 14.9. The van der Waals surface area contributed by atoms with Crippen LogP contribution in [0.3, 0.4) is 0 Å². The highest BCUT2D eigenvalue weighted by Gasteiger charge is 2.31. The number of esters is 1. The Morgan fingerprint density at radius 1 is 1.35 bits per heavy atom. The van der Waals surface area contributed by atoms with E-state index in [1.807, 2.05) is 25.1 Å². The average molecular weight is 362 g/mol. The summed E-state index contributed by atoms with van der Waals surface area (Å²) >= 11 is 0. The third kappa shape index (κ3) is 4.75. The second-order valence-corrected chi connectivity index (χ2v) is 5.55. The van der Waals surface area contributed by atoms with E-state index >= 15 is 0 Å². The minimum atomic E-state index is -1.08. The van der Waals surface area contributed by atoms with Gasteiger partial charge in [-0.3, -0.25) is 9.69 Å². The Bertz CT molecular complexity index is 716. The van der Waals surface area contributed by atoms with Crippen molar-refractivity contribution in [2.24, 2.45) is 0 Å². The SMILES string of the molecule is CC=Cc1ccc(OCC(=O)OC(C)C(=O)N2CCNC2=O)c(OC)c1. The molecule has 2 rings (SSSR count). The van der Waals surface area contributed by atoms with Crippen LogP contribution in [-0.4, -0.2) is 55.7 Å². The van der Waals surface area contributed by atoms with Crippen molar-refractivity contribution < 1.29 is 28.6 Å². The first-order valence-corrected chi connectivity index (χ1v) is 8.18. The molecular formula is C18H22N2O6. The Morgan fingerprint density at radius 2 is 2.12 bits per heavy atom. The van der Waals surface area contributed by atoms with Crippen molar-refractivity contribution in [3.8, 4) is 11.5 Å². The van der Waals surface area contributed by atoms with E-state index in [4.69, 9.17) is 14.2 Å². The maximum atomic E-state index is 12.1. The average Bonchev–Trinajstić information content (AvgIpc) is 3.05. The lowest BCUT2D eigenvalue weighted by Gasteiger charge is -2.18. The topological polar surface area (TPSA) is 94.2 Å². The second kappa shape index (κ2) is 8.89. The maximum Gasteiger partial charge on any atom is 0.344 e. The van der Waals surface area contributed by atoms with Gasteiger partial charge in [0.2, 0.25) is 0 Å². The predicted molar refractivity (Wildman–Crippen MR) is 93.9 cm³/mol. The number of ether oxygens (including phenoxy) is 3. The highest BCUT2D eigenvalue weighted by molar-refractivity contribution is 5.98. The summed E-state index contributed by atoms with van der Waals surface area (Å²) in [5.41, 5.74) is 0.933. The molecule has 140 valence electrons. The van der Waals surface area contributed by atoms with Gasteiger partial charge in [0.25, 0.3) is 5.91 Å². The van der Waals surface area contributed by atoms with Crippen LogP contribution in [0.2, 0.25) is 0 Å². The zero-order valence-corrected chi connectivity index (χ0v) is 15.0. The Hall–Kier alpha value is -3.03. The number of nitrogens with zero attached hydrogens (tertiary/aromatic N) is 1. The van der Waals surface area contributed by atoms with E-state index in [1.54, 1.807) is 12.1 Å². The van der Waals surface area contributed by atoms with Crippen LogP contribution in [-0.2, 0) is 14.3 Å². The molecular weight excluding hydrogens is 340 g/mol. The molecule has 1 aliphatic rings.